The zero-order chi connectivity index (χ0) is 14.1. The topological polar surface area (TPSA) is 23.5 Å². The molecule has 2 nitrogen and oxygen atoms in total. The summed E-state index contributed by atoms with van der Waals surface area (Å²) in [5, 5.41) is 10.4. The van der Waals surface area contributed by atoms with E-state index in [0.717, 1.165) is 41.2 Å². The fourth-order valence-corrected chi connectivity index (χ4v) is 4.17. The van der Waals surface area contributed by atoms with Crippen LogP contribution in [0.25, 0.3) is 0 Å². The Hall–Kier alpha value is -0.730. The van der Waals surface area contributed by atoms with Gasteiger partial charge >= 0.3 is 0 Å². The van der Waals surface area contributed by atoms with E-state index in [1.54, 1.807) is 6.92 Å². The maximum Gasteiger partial charge on any atom is 0.0762 e. The van der Waals surface area contributed by atoms with Gasteiger partial charge in [0.25, 0.3) is 0 Å². The Morgan fingerprint density at radius 3 is 2.65 bits per heavy atom. The zero-order valence-corrected chi connectivity index (χ0v) is 12.9. The predicted octanol–water partition coefficient (Wildman–Crippen LogP) is 4.41. The van der Waals surface area contributed by atoms with Crippen LogP contribution < -0.4 is 4.90 Å². The summed E-state index contributed by atoms with van der Waals surface area (Å²) < 4.78 is 0. The van der Waals surface area contributed by atoms with Gasteiger partial charge in [-0.15, -0.1) is 0 Å². The number of benzene rings is 1. The van der Waals surface area contributed by atoms with Gasteiger partial charge in [0.2, 0.25) is 0 Å². The second kappa shape index (κ2) is 5.95. The molecule has 1 aromatic rings. The van der Waals surface area contributed by atoms with Crippen LogP contribution in [0.5, 0.6) is 0 Å². The number of nitrogens with zero attached hydrogens (tertiary/aromatic N) is 1. The smallest absolute Gasteiger partial charge is 0.0762 e. The van der Waals surface area contributed by atoms with Crippen LogP contribution in [0.3, 0.4) is 0 Å². The van der Waals surface area contributed by atoms with Crippen LogP contribution >= 0.6 is 11.6 Å². The third kappa shape index (κ3) is 2.82. The van der Waals surface area contributed by atoms with Crippen molar-refractivity contribution in [2.24, 2.45) is 11.8 Å². The highest BCUT2D eigenvalue weighted by atomic mass is 35.5. The molecule has 1 saturated heterocycles. The van der Waals surface area contributed by atoms with Crippen molar-refractivity contribution in [2.45, 2.75) is 45.1 Å². The fourth-order valence-electron chi connectivity index (χ4n) is 3.86. The predicted molar refractivity (Wildman–Crippen MR) is 84.4 cm³/mol. The molecule has 110 valence electrons. The Balaban J connectivity index is 1.76. The van der Waals surface area contributed by atoms with Gasteiger partial charge in [-0.05, 0) is 49.3 Å². The van der Waals surface area contributed by atoms with Crippen molar-refractivity contribution in [3.05, 3.63) is 28.8 Å². The van der Waals surface area contributed by atoms with Gasteiger partial charge in [-0.3, -0.25) is 0 Å². The second-order valence-electron chi connectivity index (χ2n) is 6.43. The van der Waals surface area contributed by atoms with Gasteiger partial charge in [-0.2, -0.15) is 0 Å². The standard InChI is InChI=1S/C17H24ClNO/c1-12(20)14-6-7-17(16(18)10-14)19-9-8-13-4-2-3-5-15(13)11-19/h6-7,10,12-13,15,20H,2-5,8-9,11H2,1H3/t12-,13?,15?/m1/s1. The molecular formula is C17H24ClNO. The third-order valence-electron chi connectivity index (χ3n) is 5.09. The van der Waals surface area contributed by atoms with E-state index in [-0.39, 0.29) is 0 Å². The number of piperidine rings is 1. The minimum absolute atomic E-state index is 0.453. The molecule has 2 unspecified atom stereocenters. The lowest BCUT2D eigenvalue weighted by molar-refractivity contribution is 0.199. The summed E-state index contributed by atoms with van der Waals surface area (Å²) in [6.07, 6.45) is 6.47. The number of hydrogen-bond donors (Lipinski definition) is 1. The molecule has 1 aromatic carbocycles. The van der Waals surface area contributed by atoms with E-state index in [9.17, 15) is 5.11 Å². The summed E-state index contributed by atoms with van der Waals surface area (Å²) in [6, 6.07) is 5.99. The summed E-state index contributed by atoms with van der Waals surface area (Å²) >= 11 is 6.43. The first-order chi connectivity index (χ1) is 9.65. The molecule has 0 bridgehead atoms. The number of aliphatic hydroxyl groups is 1. The van der Waals surface area contributed by atoms with Crippen LogP contribution in [0.15, 0.2) is 18.2 Å². The normalized spacial score (nSPS) is 28.1. The number of hydrogen-bond acceptors (Lipinski definition) is 2. The maximum absolute atomic E-state index is 9.63. The van der Waals surface area contributed by atoms with E-state index >= 15 is 0 Å². The van der Waals surface area contributed by atoms with E-state index < -0.39 is 6.10 Å². The number of anilines is 1. The van der Waals surface area contributed by atoms with E-state index in [0.29, 0.717) is 0 Å². The monoisotopic (exact) mass is 293 g/mol. The minimum Gasteiger partial charge on any atom is -0.389 e. The van der Waals surface area contributed by atoms with Gasteiger partial charge in [-0.25, -0.2) is 0 Å². The Kier molecular flexibility index (Phi) is 4.23. The molecule has 0 amide bonds. The molecule has 20 heavy (non-hydrogen) atoms. The van der Waals surface area contributed by atoms with Crippen molar-refractivity contribution in [3.63, 3.8) is 0 Å². The van der Waals surface area contributed by atoms with E-state index in [1.165, 1.54) is 32.1 Å². The molecule has 0 spiro atoms. The number of aliphatic hydroxyl groups excluding tert-OH is 1. The average molecular weight is 294 g/mol. The molecule has 3 heteroatoms. The van der Waals surface area contributed by atoms with Gasteiger partial charge in [0, 0.05) is 13.1 Å². The molecular weight excluding hydrogens is 270 g/mol. The molecule has 1 aliphatic carbocycles. The largest absolute Gasteiger partial charge is 0.389 e. The highest BCUT2D eigenvalue weighted by Crippen LogP contribution is 2.39. The van der Waals surface area contributed by atoms with Gasteiger partial charge in [-0.1, -0.05) is 36.9 Å². The van der Waals surface area contributed by atoms with Gasteiger partial charge in [0.05, 0.1) is 16.8 Å². The maximum atomic E-state index is 9.63. The van der Waals surface area contributed by atoms with Crippen molar-refractivity contribution in [1.82, 2.24) is 0 Å². The van der Waals surface area contributed by atoms with Crippen molar-refractivity contribution in [3.8, 4) is 0 Å². The Morgan fingerprint density at radius 2 is 1.95 bits per heavy atom. The lowest BCUT2D eigenvalue weighted by Gasteiger charge is -2.42. The second-order valence-corrected chi connectivity index (χ2v) is 6.83. The summed E-state index contributed by atoms with van der Waals surface area (Å²) in [5.41, 5.74) is 2.03. The molecule has 2 fully saturated rings. The van der Waals surface area contributed by atoms with Gasteiger partial charge in [0.1, 0.15) is 0 Å². The summed E-state index contributed by atoms with van der Waals surface area (Å²) in [4.78, 5) is 2.45. The molecule has 0 aromatic heterocycles. The first kappa shape index (κ1) is 14.2. The molecule has 1 heterocycles. The Labute approximate surface area is 126 Å². The minimum atomic E-state index is -0.453. The van der Waals surface area contributed by atoms with E-state index in [4.69, 9.17) is 11.6 Å². The highest BCUT2D eigenvalue weighted by Gasteiger charge is 2.31. The van der Waals surface area contributed by atoms with Crippen LogP contribution in [0.1, 0.15) is 50.7 Å². The molecule has 3 atom stereocenters. The number of rotatable bonds is 2. The van der Waals surface area contributed by atoms with Crippen LogP contribution in [-0.4, -0.2) is 18.2 Å². The Bertz CT molecular complexity index is 474. The van der Waals surface area contributed by atoms with Crippen molar-refractivity contribution in [2.75, 3.05) is 18.0 Å². The van der Waals surface area contributed by atoms with Gasteiger partial charge in [0.15, 0.2) is 0 Å². The molecule has 0 radical (unpaired) electrons. The highest BCUT2D eigenvalue weighted by molar-refractivity contribution is 6.33. The summed E-state index contributed by atoms with van der Waals surface area (Å²) in [7, 11) is 0. The number of fused-ring (bicyclic) bond motifs is 1. The molecule has 3 rings (SSSR count). The van der Waals surface area contributed by atoms with Crippen LogP contribution in [0, 0.1) is 11.8 Å². The van der Waals surface area contributed by atoms with Crippen molar-refractivity contribution in [1.29, 1.82) is 0 Å². The van der Waals surface area contributed by atoms with Crippen molar-refractivity contribution < 1.29 is 5.11 Å². The molecule has 1 N–H and O–H groups in total. The SMILES string of the molecule is C[C@@H](O)c1ccc(N2CCC3CCCCC3C2)c(Cl)c1. The first-order valence-electron chi connectivity index (χ1n) is 7.87. The summed E-state index contributed by atoms with van der Waals surface area (Å²) in [6.45, 7) is 4.05. The van der Waals surface area contributed by atoms with Crippen LogP contribution in [0.2, 0.25) is 5.02 Å². The average Bonchev–Trinajstić information content (AvgIpc) is 2.46. The van der Waals surface area contributed by atoms with Crippen LogP contribution in [0.4, 0.5) is 5.69 Å². The quantitative estimate of drug-likeness (QED) is 0.873. The number of halogens is 1. The molecule has 1 aliphatic heterocycles. The van der Waals surface area contributed by atoms with E-state index in [2.05, 4.69) is 11.0 Å². The van der Waals surface area contributed by atoms with Crippen LogP contribution in [-0.2, 0) is 0 Å². The first-order valence-corrected chi connectivity index (χ1v) is 8.25. The third-order valence-corrected chi connectivity index (χ3v) is 5.39. The lowest BCUT2D eigenvalue weighted by Crippen LogP contribution is -2.41. The Morgan fingerprint density at radius 1 is 1.20 bits per heavy atom. The lowest BCUT2D eigenvalue weighted by atomic mass is 9.75. The van der Waals surface area contributed by atoms with E-state index in [1.807, 2.05) is 12.1 Å². The van der Waals surface area contributed by atoms with Crippen molar-refractivity contribution >= 4 is 17.3 Å². The summed E-state index contributed by atoms with van der Waals surface area (Å²) in [5.74, 6) is 1.79. The zero-order valence-electron chi connectivity index (χ0n) is 12.2. The fraction of sp³-hybridized carbons (Fsp3) is 0.647. The van der Waals surface area contributed by atoms with Gasteiger partial charge < -0.3 is 10.0 Å². The molecule has 1 saturated carbocycles. The molecule has 2 aliphatic rings.